The van der Waals surface area contributed by atoms with Gasteiger partial charge < -0.3 is 30.5 Å². The highest BCUT2D eigenvalue weighted by Gasteiger charge is 2.14. The number of nitrogen functional groups attached to an aromatic ring is 1. The number of methoxy groups -OCH3 is 2. The number of nitrogens with zero attached hydrogens (tertiary/aromatic N) is 4. The van der Waals surface area contributed by atoms with E-state index in [1.165, 1.54) is 11.2 Å². The number of pyridine rings is 1. The molecule has 2 aromatic heterocycles. The van der Waals surface area contributed by atoms with E-state index in [0.29, 0.717) is 34.5 Å². The summed E-state index contributed by atoms with van der Waals surface area (Å²) in [6.45, 7) is 2.49. The molecule has 6 N–H and O–H groups in total. The molecule has 0 aliphatic heterocycles. The SMILES string of the molecule is COCC(C)n1cccc(CN(N)/C=C(\N)c2nc(N)nc3c(OC)cccc23)c1=O. The van der Waals surface area contributed by atoms with Gasteiger partial charge in [0, 0.05) is 30.5 Å². The fraction of sp³-hybridized carbons (Fsp3) is 0.286. The summed E-state index contributed by atoms with van der Waals surface area (Å²) < 4.78 is 12.1. The maximum atomic E-state index is 12.8. The molecule has 0 radical (unpaired) electrons. The number of hydrazine groups is 1. The molecule has 1 aromatic carbocycles. The van der Waals surface area contributed by atoms with Gasteiger partial charge in [0.1, 0.15) is 17.0 Å². The number of benzene rings is 1. The van der Waals surface area contributed by atoms with Crippen LogP contribution in [0.15, 0.2) is 47.5 Å². The molecule has 31 heavy (non-hydrogen) atoms. The van der Waals surface area contributed by atoms with Crippen molar-refractivity contribution in [1.29, 1.82) is 0 Å². The molecule has 10 heteroatoms. The van der Waals surface area contributed by atoms with Crippen molar-refractivity contribution in [2.75, 3.05) is 26.6 Å². The number of anilines is 1. The number of fused-ring (bicyclic) bond motifs is 1. The number of aromatic nitrogens is 3. The lowest BCUT2D eigenvalue weighted by atomic mass is 10.1. The van der Waals surface area contributed by atoms with Gasteiger partial charge in [0.05, 0.1) is 32.0 Å². The summed E-state index contributed by atoms with van der Waals surface area (Å²) in [4.78, 5) is 21.3. The third-order valence-corrected chi connectivity index (χ3v) is 4.79. The van der Waals surface area contributed by atoms with Crippen LogP contribution in [0.2, 0.25) is 0 Å². The summed E-state index contributed by atoms with van der Waals surface area (Å²) in [7, 11) is 3.15. The molecule has 0 aliphatic carbocycles. The zero-order valence-electron chi connectivity index (χ0n) is 17.8. The van der Waals surface area contributed by atoms with Gasteiger partial charge in [-0.25, -0.2) is 15.8 Å². The average Bonchev–Trinajstić information content (AvgIpc) is 2.74. The summed E-state index contributed by atoms with van der Waals surface area (Å²) in [5, 5.41) is 2.01. The molecule has 10 nitrogen and oxygen atoms in total. The van der Waals surface area contributed by atoms with Gasteiger partial charge >= 0.3 is 0 Å². The van der Waals surface area contributed by atoms with Crippen LogP contribution in [0.5, 0.6) is 5.75 Å². The van der Waals surface area contributed by atoms with Crippen LogP contribution < -0.4 is 27.6 Å². The van der Waals surface area contributed by atoms with Gasteiger partial charge in [0.15, 0.2) is 0 Å². The lowest BCUT2D eigenvalue weighted by Crippen LogP contribution is -2.33. The fourth-order valence-corrected chi connectivity index (χ4v) is 3.36. The number of rotatable bonds is 8. The second-order valence-electron chi connectivity index (χ2n) is 7.09. The van der Waals surface area contributed by atoms with E-state index in [1.54, 1.807) is 43.2 Å². The Morgan fingerprint density at radius 3 is 2.74 bits per heavy atom. The number of ether oxygens (including phenoxy) is 2. The van der Waals surface area contributed by atoms with Crippen molar-refractivity contribution in [3.8, 4) is 5.75 Å². The van der Waals surface area contributed by atoms with Gasteiger partial charge in [0.2, 0.25) is 5.95 Å². The van der Waals surface area contributed by atoms with Gasteiger partial charge in [-0.3, -0.25) is 4.79 Å². The third-order valence-electron chi connectivity index (χ3n) is 4.79. The van der Waals surface area contributed by atoms with Crippen molar-refractivity contribution in [2.45, 2.75) is 19.5 Å². The molecule has 0 amide bonds. The first-order valence-corrected chi connectivity index (χ1v) is 9.64. The van der Waals surface area contributed by atoms with Gasteiger partial charge in [-0.05, 0) is 19.1 Å². The number of hydrogen-bond donors (Lipinski definition) is 3. The molecule has 1 atom stereocenters. The van der Waals surface area contributed by atoms with Crippen molar-refractivity contribution in [3.05, 3.63) is 64.3 Å². The highest BCUT2D eigenvalue weighted by atomic mass is 16.5. The van der Waals surface area contributed by atoms with Crippen LogP contribution in [0.4, 0.5) is 5.95 Å². The Kier molecular flexibility index (Phi) is 6.73. The van der Waals surface area contributed by atoms with Crippen LogP contribution in [0.25, 0.3) is 16.6 Å². The molecule has 0 spiro atoms. The monoisotopic (exact) mass is 425 g/mol. The zero-order valence-corrected chi connectivity index (χ0v) is 17.8. The van der Waals surface area contributed by atoms with Gasteiger partial charge in [-0.2, -0.15) is 0 Å². The maximum absolute atomic E-state index is 12.8. The van der Waals surface area contributed by atoms with Crippen LogP contribution in [0, 0.1) is 0 Å². The molecule has 3 rings (SSSR count). The Bertz CT molecular complexity index is 1160. The number of nitrogens with two attached hydrogens (primary N) is 3. The van der Waals surface area contributed by atoms with Crippen LogP contribution in [-0.4, -0.2) is 40.4 Å². The maximum Gasteiger partial charge on any atom is 0.255 e. The second-order valence-corrected chi connectivity index (χ2v) is 7.09. The van der Waals surface area contributed by atoms with Crippen LogP contribution in [-0.2, 0) is 11.3 Å². The van der Waals surface area contributed by atoms with Crippen LogP contribution in [0.3, 0.4) is 0 Å². The highest BCUT2D eigenvalue weighted by Crippen LogP contribution is 2.28. The van der Waals surface area contributed by atoms with E-state index >= 15 is 0 Å². The van der Waals surface area contributed by atoms with Crippen LogP contribution in [0.1, 0.15) is 24.2 Å². The van der Waals surface area contributed by atoms with Crippen molar-refractivity contribution < 1.29 is 9.47 Å². The second kappa shape index (κ2) is 9.45. The molecule has 0 fully saturated rings. The molecule has 0 aliphatic rings. The first kappa shape index (κ1) is 22.1. The fourth-order valence-electron chi connectivity index (χ4n) is 3.36. The van der Waals surface area contributed by atoms with E-state index in [0.717, 1.165) is 0 Å². The minimum absolute atomic E-state index is 0.0602. The Morgan fingerprint density at radius 2 is 2.03 bits per heavy atom. The van der Waals surface area contributed by atoms with Gasteiger partial charge in [-0.15, -0.1) is 0 Å². The summed E-state index contributed by atoms with van der Waals surface area (Å²) in [5.41, 5.74) is 13.8. The summed E-state index contributed by atoms with van der Waals surface area (Å²) in [5.74, 6) is 6.76. The van der Waals surface area contributed by atoms with Crippen molar-refractivity contribution >= 4 is 22.5 Å². The molecule has 164 valence electrons. The molecule has 0 saturated heterocycles. The Morgan fingerprint density at radius 1 is 1.26 bits per heavy atom. The molecular formula is C21H27N7O3. The molecule has 0 saturated carbocycles. The van der Waals surface area contributed by atoms with E-state index < -0.39 is 0 Å². The summed E-state index contributed by atoms with van der Waals surface area (Å²) >= 11 is 0. The number of hydrogen-bond acceptors (Lipinski definition) is 9. The van der Waals surface area contributed by atoms with E-state index in [9.17, 15) is 4.79 Å². The van der Waals surface area contributed by atoms with Gasteiger partial charge in [-0.1, -0.05) is 18.2 Å². The smallest absolute Gasteiger partial charge is 0.255 e. The summed E-state index contributed by atoms with van der Waals surface area (Å²) in [6.07, 6.45) is 3.24. The predicted octanol–water partition coefficient (Wildman–Crippen LogP) is 1.22. The van der Waals surface area contributed by atoms with E-state index in [-0.39, 0.29) is 29.8 Å². The predicted molar refractivity (Wildman–Crippen MR) is 120 cm³/mol. The average molecular weight is 425 g/mol. The van der Waals surface area contributed by atoms with Crippen molar-refractivity contribution in [3.63, 3.8) is 0 Å². The number of para-hydroxylation sites is 1. The minimum atomic E-state index is -0.143. The Balaban J connectivity index is 1.92. The topological polar surface area (TPSA) is 148 Å². The first-order valence-electron chi connectivity index (χ1n) is 9.64. The lowest BCUT2D eigenvalue weighted by Gasteiger charge is -2.18. The van der Waals surface area contributed by atoms with E-state index in [4.69, 9.17) is 26.8 Å². The zero-order chi connectivity index (χ0) is 22.5. The minimum Gasteiger partial charge on any atom is -0.494 e. The van der Waals surface area contributed by atoms with Crippen LogP contribution >= 0.6 is 0 Å². The normalized spacial score (nSPS) is 12.7. The molecule has 2 heterocycles. The van der Waals surface area contributed by atoms with E-state index in [2.05, 4.69) is 9.97 Å². The quantitative estimate of drug-likeness (QED) is 0.358. The lowest BCUT2D eigenvalue weighted by molar-refractivity contribution is 0.160. The Labute approximate surface area is 179 Å². The Hall–Kier alpha value is -3.63. The van der Waals surface area contributed by atoms with Crippen molar-refractivity contribution in [1.82, 2.24) is 19.5 Å². The van der Waals surface area contributed by atoms with Crippen molar-refractivity contribution in [2.24, 2.45) is 11.6 Å². The largest absolute Gasteiger partial charge is 0.494 e. The standard InChI is InChI=1S/C21H27N7O3/c1-13(12-30-2)28-9-5-6-14(20(28)29)10-27(24)11-16(22)18-15-7-4-8-17(31-3)19(15)26-21(23)25-18/h4-9,11,13H,10,12,22,24H2,1-3H3,(H2,23,25,26)/b16-11-. The molecule has 1 unspecified atom stereocenters. The molecular weight excluding hydrogens is 398 g/mol. The summed E-state index contributed by atoms with van der Waals surface area (Å²) in [6, 6.07) is 8.83. The molecule has 0 bridgehead atoms. The third kappa shape index (κ3) is 4.76. The van der Waals surface area contributed by atoms with Gasteiger partial charge in [0.25, 0.3) is 5.56 Å². The highest BCUT2D eigenvalue weighted by molar-refractivity contribution is 5.93. The van der Waals surface area contributed by atoms with E-state index in [1.807, 2.05) is 19.1 Å². The molecule has 3 aromatic rings. The first-order chi connectivity index (χ1) is 14.8.